The molecule has 1 aromatic carbocycles. The van der Waals surface area contributed by atoms with Crippen LogP contribution >= 0.6 is 0 Å². The summed E-state index contributed by atoms with van der Waals surface area (Å²) >= 11 is 0. The molecule has 27 heavy (non-hydrogen) atoms. The van der Waals surface area contributed by atoms with E-state index in [0.29, 0.717) is 29.8 Å². The van der Waals surface area contributed by atoms with Crippen molar-refractivity contribution < 1.29 is 4.79 Å². The highest BCUT2D eigenvalue weighted by Crippen LogP contribution is 2.39. The Morgan fingerprint density at radius 1 is 1.33 bits per heavy atom. The van der Waals surface area contributed by atoms with Crippen molar-refractivity contribution in [3.05, 3.63) is 59.0 Å². The standard InChI is InChI=1S/C19H18N6O2/c1-3-15(26)25-8-7-24(13-6-4-5-11(2)16(13)25)14-9-12-10-21-19(20)23-17(12)22-18(14)27/h3-6,9-10H,1,7-8H2,2H3,(H3,20,21,22,23,27). The SMILES string of the molecule is C=CC(=O)N1CCN(c2cc3cnc(N)nc3[nH]c2=O)c2cccc(C)c21. The number of hydrogen-bond donors (Lipinski definition) is 2. The Balaban J connectivity index is 1.89. The average Bonchev–Trinajstić information content (AvgIpc) is 2.66. The van der Waals surface area contributed by atoms with Crippen LogP contribution in [0.3, 0.4) is 0 Å². The van der Waals surface area contributed by atoms with Crippen molar-refractivity contribution in [2.24, 2.45) is 0 Å². The summed E-state index contributed by atoms with van der Waals surface area (Å²) in [5.41, 5.74) is 8.68. The molecule has 3 aromatic rings. The van der Waals surface area contributed by atoms with E-state index in [2.05, 4.69) is 21.5 Å². The summed E-state index contributed by atoms with van der Waals surface area (Å²) in [6.07, 6.45) is 2.88. The molecule has 3 heterocycles. The van der Waals surface area contributed by atoms with Gasteiger partial charge in [0.2, 0.25) is 5.95 Å². The van der Waals surface area contributed by atoms with Gasteiger partial charge >= 0.3 is 0 Å². The minimum absolute atomic E-state index is 0.100. The van der Waals surface area contributed by atoms with Gasteiger partial charge in [-0.3, -0.25) is 9.59 Å². The fourth-order valence-corrected chi connectivity index (χ4v) is 3.42. The topological polar surface area (TPSA) is 108 Å². The number of nitrogen functional groups attached to an aromatic ring is 1. The Labute approximate surface area is 155 Å². The van der Waals surface area contributed by atoms with E-state index < -0.39 is 0 Å². The molecule has 0 atom stereocenters. The molecule has 1 aliphatic heterocycles. The number of amides is 1. The van der Waals surface area contributed by atoms with Gasteiger partial charge in [0, 0.05) is 24.7 Å². The second kappa shape index (κ2) is 6.24. The third kappa shape index (κ3) is 2.71. The van der Waals surface area contributed by atoms with Crippen molar-refractivity contribution in [2.75, 3.05) is 28.6 Å². The maximum absolute atomic E-state index is 12.7. The van der Waals surface area contributed by atoms with E-state index in [0.717, 1.165) is 16.9 Å². The van der Waals surface area contributed by atoms with Crippen LogP contribution in [-0.2, 0) is 4.79 Å². The zero-order chi connectivity index (χ0) is 19.1. The predicted octanol–water partition coefficient (Wildman–Crippen LogP) is 1.88. The van der Waals surface area contributed by atoms with Gasteiger partial charge in [-0.2, -0.15) is 4.98 Å². The summed E-state index contributed by atoms with van der Waals surface area (Å²) in [6.45, 7) is 6.44. The van der Waals surface area contributed by atoms with Crippen LogP contribution in [0.2, 0.25) is 0 Å². The first-order valence-corrected chi connectivity index (χ1v) is 8.46. The van der Waals surface area contributed by atoms with Crippen LogP contribution in [0.4, 0.5) is 23.0 Å². The van der Waals surface area contributed by atoms with Crippen molar-refractivity contribution in [1.82, 2.24) is 15.0 Å². The summed E-state index contributed by atoms with van der Waals surface area (Å²) in [6, 6.07) is 7.48. The Bertz CT molecular complexity index is 1140. The van der Waals surface area contributed by atoms with Gasteiger partial charge < -0.3 is 20.5 Å². The molecule has 8 nitrogen and oxygen atoms in total. The number of hydrogen-bond acceptors (Lipinski definition) is 6. The zero-order valence-electron chi connectivity index (χ0n) is 14.8. The van der Waals surface area contributed by atoms with E-state index in [1.807, 2.05) is 30.0 Å². The molecule has 0 aliphatic carbocycles. The number of benzene rings is 1. The lowest BCUT2D eigenvalue weighted by Crippen LogP contribution is -2.43. The molecule has 2 aromatic heterocycles. The number of pyridine rings is 1. The normalized spacial score (nSPS) is 13.5. The highest BCUT2D eigenvalue weighted by molar-refractivity contribution is 6.05. The second-order valence-electron chi connectivity index (χ2n) is 6.30. The third-order valence-electron chi connectivity index (χ3n) is 4.65. The van der Waals surface area contributed by atoms with Gasteiger partial charge in [-0.15, -0.1) is 0 Å². The van der Waals surface area contributed by atoms with Gasteiger partial charge in [-0.1, -0.05) is 18.7 Å². The highest BCUT2D eigenvalue weighted by atomic mass is 16.2. The van der Waals surface area contributed by atoms with E-state index >= 15 is 0 Å². The minimum Gasteiger partial charge on any atom is -0.368 e. The second-order valence-corrected chi connectivity index (χ2v) is 6.30. The molecule has 0 saturated carbocycles. The molecule has 3 N–H and O–H groups in total. The van der Waals surface area contributed by atoms with Crippen LogP contribution in [0.25, 0.3) is 11.0 Å². The molecule has 1 amide bonds. The summed E-state index contributed by atoms with van der Waals surface area (Å²) < 4.78 is 0. The summed E-state index contributed by atoms with van der Waals surface area (Å²) in [5.74, 6) is -0.0649. The number of nitrogens with one attached hydrogen (secondary N) is 1. The number of aromatic nitrogens is 3. The van der Waals surface area contributed by atoms with Crippen LogP contribution < -0.4 is 21.1 Å². The number of aryl methyl sites for hydroxylation is 1. The first-order chi connectivity index (χ1) is 13.0. The largest absolute Gasteiger partial charge is 0.368 e. The Hall–Kier alpha value is -3.68. The van der Waals surface area contributed by atoms with Crippen molar-refractivity contribution in [3.8, 4) is 0 Å². The van der Waals surface area contributed by atoms with E-state index in [1.165, 1.54) is 6.08 Å². The van der Waals surface area contributed by atoms with Crippen molar-refractivity contribution in [2.45, 2.75) is 6.92 Å². The number of nitrogens with zero attached hydrogens (tertiary/aromatic N) is 4. The van der Waals surface area contributed by atoms with E-state index in [-0.39, 0.29) is 17.4 Å². The molecule has 0 fully saturated rings. The van der Waals surface area contributed by atoms with Crippen molar-refractivity contribution in [1.29, 1.82) is 0 Å². The van der Waals surface area contributed by atoms with Gasteiger partial charge in [-0.05, 0) is 30.7 Å². The first kappa shape index (κ1) is 16.8. The van der Waals surface area contributed by atoms with Gasteiger partial charge in [0.05, 0.1) is 11.4 Å². The smallest absolute Gasteiger partial charge is 0.273 e. The number of nitrogens with two attached hydrogens (primary N) is 1. The number of aromatic amines is 1. The molecule has 1 aliphatic rings. The van der Waals surface area contributed by atoms with Crippen LogP contribution in [0, 0.1) is 6.92 Å². The molecule has 0 bridgehead atoms. The zero-order valence-corrected chi connectivity index (χ0v) is 14.8. The van der Waals surface area contributed by atoms with Gasteiger partial charge in [0.25, 0.3) is 11.5 Å². The molecule has 0 radical (unpaired) electrons. The molecular formula is C19H18N6O2. The third-order valence-corrected chi connectivity index (χ3v) is 4.65. The monoisotopic (exact) mass is 362 g/mol. The molecule has 8 heteroatoms. The van der Waals surface area contributed by atoms with E-state index in [9.17, 15) is 9.59 Å². The Kier molecular flexibility index (Phi) is 3.88. The van der Waals surface area contributed by atoms with Gasteiger partial charge in [-0.25, -0.2) is 4.98 Å². The lowest BCUT2D eigenvalue weighted by Gasteiger charge is -2.38. The molecule has 4 rings (SSSR count). The van der Waals surface area contributed by atoms with Crippen LogP contribution in [0.5, 0.6) is 0 Å². The average molecular weight is 362 g/mol. The fourth-order valence-electron chi connectivity index (χ4n) is 3.42. The number of carbonyl (C=O) groups excluding carboxylic acids is 1. The number of para-hydroxylation sites is 1. The number of H-pyrrole nitrogens is 1. The summed E-state index contributed by atoms with van der Waals surface area (Å²) in [7, 11) is 0. The van der Waals surface area contributed by atoms with Crippen LogP contribution in [0.15, 0.2) is 47.9 Å². The Morgan fingerprint density at radius 2 is 2.15 bits per heavy atom. The van der Waals surface area contributed by atoms with Gasteiger partial charge in [0.15, 0.2) is 0 Å². The lowest BCUT2D eigenvalue weighted by molar-refractivity contribution is -0.114. The number of fused-ring (bicyclic) bond motifs is 2. The quantitative estimate of drug-likeness (QED) is 0.674. The van der Waals surface area contributed by atoms with Crippen LogP contribution in [0.1, 0.15) is 5.56 Å². The maximum atomic E-state index is 12.7. The van der Waals surface area contributed by atoms with E-state index in [4.69, 9.17) is 5.73 Å². The molecule has 0 unspecified atom stereocenters. The maximum Gasteiger partial charge on any atom is 0.273 e. The van der Waals surface area contributed by atoms with E-state index in [1.54, 1.807) is 17.2 Å². The molecule has 0 spiro atoms. The fraction of sp³-hybridized carbons (Fsp3) is 0.158. The summed E-state index contributed by atoms with van der Waals surface area (Å²) in [5, 5.41) is 0.678. The molecule has 0 saturated heterocycles. The van der Waals surface area contributed by atoms with Crippen molar-refractivity contribution >= 4 is 40.0 Å². The predicted molar refractivity (Wildman–Crippen MR) is 105 cm³/mol. The highest BCUT2D eigenvalue weighted by Gasteiger charge is 2.29. The lowest BCUT2D eigenvalue weighted by atomic mass is 10.1. The number of rotatable bonds is 2. The van der Waals surface area contributed by atoms with Crippen LogP contribution in [-0.4, -0.2) is 33.9 Å². The Morgan fingerprint density at radius 3 is 2.93 bits per heavy atom. The van der Waals surface area contributed by atoms with Gasteiger partial charge in [0.1, 0.15) is 11.3 Å². The van der Waals surface area contributed by atoms with Crippen molar-refractivity contribution in [3.63, 3.8) is 0 Å². The molecule has 136 valence electrons. The summed E-state index contributed by atoms with van der Waals surface area (Å²) in [4.78, 5) is 39.4. The number of carbonyl (C=O) groups is 1. The number of anilines is 4. The molecular weight excluding hydrogens is 344 g/mol. The first-order valence-electron chi connectivity index (χ1n) is 8.46. The minimum atomic E-state index is -0.281.